The molecule has 0 radical (unpaired) electrons. The molecule has 1 N–H and O–H groups in total. The topological polar surface area (TPSA) is 65.5 Å². The normalized spacial score (nSPS) is 16.0. The van der Waals surface area contributed by atoms with Crippen LogP contribution >= 0.6 is 11.3 Å². The van der Waals surface area contributed by atoms with Crippen LogP contribution in [0.3, 0.4) is 0 Å². The third-order valence-electron chi connectivity index (χ3n) is 11.0. The van der Waals surface area contributed by atoms with Crippen LogP contribution in [0.25, 0.3) is 16.2 Å². The molecule has 1 atom stereocenters. The van der Waals surface area contributed by atoms with Crippen molar-refractivity contribution in [3.05, 3.63) is 59.5 Å². The van der Waals surface area contributed by atoms with Crippen LogP contribution in [0.2, 0.25) is 0 Å². The first kappa shape index (κ1) is 41.1. The van der Waals surface area contributed by atoms with E-state index in [-0.39, 0.29) is 12.7 Å². The zero-order valence-electron chi connectivity index (χ0n) is 32.7. The van der Waals surface area contributed by atoms with Crippen LogP contribution < -0.4 is 14.5 Å². The summed E-state index contributed by atoms with van der Waals surface area (Å²) >= 11 is 1.81. The summed E-state index contributed by atoms with van der Waals surface area (Å²) in [4.78, 5) is 19.4. The number of carbonyl (C=O) groups excluding carboxylic acids is 1. The van der Waals surface area contributed by atoms with E-state index in [1.54, 1.807) is 11.0 Å². The van der Waals surface area contributed by atoms with E-state index < -0.39 is 6.23 Å². The van der Waals surface area contributed by atoms with Gasteiger partial charge in [0.25, 0.3) is 0 Å². The minimum Gasteiger partial charge on any atom is -0.494 e. The van der Waals surface area contributed by atoms with Gasteiger partial charge in [-0.05, 0) is 73.2 Å². The number of piperazine rings is 1. The standard InChI is InChI=1S/C45H67N3O4S/c1-2-3-4-5-6-7-8-9-10-11-12-13-14-15-16-17-23-45(50)52-37-48-42-36-39(26-24-38(42)25-27-44(48)49)51-34-19-18-29-46-30-32-47(33-31-46)41-21-20-22-43-40(41)28-35-53-43/h20-22,24-28,35-36,44,49H,2-19,23,29-34,37H2,1H3. The average molecular weight is 746 g/mol. The van der Waals surface area contributed by atoms with Crippen LogP contribution in [0, 0.1) is 0 Å². The number of fused-ring (bicyclic) bond motifs is 2. The molecule has 1 fully saturated rings. The number of thiophene rings is 1. The number of unbranched alkanes of at least 4 members (excludes halogenated alkanes) is 16. The summed E-state index contributed by atoms with van der Waals surface area (Å²) in [5.41, 5.74) is 3.17. The van der Waals surface area contributed by atoms with Gasteiger partial charge in [-0.25, -0.2) is 0 Å². The van der Waals surface area contributed by atoms with Gasteiger partial charge < -0.3 is 24.4 Å². The fraction of sp³-hybridized carbons (Fsp3) is 0.622. The molecule has 0 aliphatic carbocycles. The fourth-order valence-electron chi connectivity index (χ4n) is 7.71. The number of hydrogen-bond donors (Lipinski definition) is 1. The highest BCUT2D eigenvalue weighted by molar-refractivity contribution is 7.17. The highest BCUT2D eigenvalue weighted by Gasteiger charge is 2.23. The van der Waals surface area contributed by atoms with Gasteiger partial charge in [0.05, 0.1) is 12.3 Å². The first-order valence-corrected chi connectivity index (χ1v) is 22.0. The molecule has 1 aromatic heterocycles. The van der Waals surface area contributed by atoms with Crippen molar-refractivity contribution in [3.63, 3.8) is 0 Å². The summed E-state index contributed by atoms with van der Waals surface area (Å²) in [6, 6.07) is 14.8. The van der Waals surface area contributed by atoms with Crippen LogP contribution in [0.1, 0.15) is 134 Å². The molecule has 1 unspecified atom stereocenters. The number of ether oxygens (including phenoxy) is 2. The first-order chi connectivity index (χ1) is 26.1. The SMILES string of the molecule is CCCCCCCCCCCCCCCCCCC(=O)OCN1c2cc(OCCCCN3CCN(c4cccc5sccc45)CC3)ccc2C=CC1O. The van der Waals surface area contributed by atoms with Gasteiger partial charge in [0, 0.05) is 54.4 Å². The van der Waals surface area contributed by atoms with Gasteiger partial charge in [-0.2, -0.15) is 0 Å². The van der Waals surface area contributed by atoms with E-state index in [0.29, 0.717) is 13.0 Å². The van der Waals surface area contributed by atoms with E-state index in [9.17, 15) is 9.90 Å². The molecule has 3 aromatic rings. The van der Waals surface area contributed by atoms with E-state index >= 15 is 0 Å². The molecule has 1 saturated heterocycles. The maximum absolute atomic E-state index is 12.6. The Hall–Kier alpha value is -3.07. The van der Waals surface area contributed by atoms with E-state index in [0.717, 1.165) is 75.4 Å². The molecule has 0 bridgehead atoms. The molecule has 5 rings (SSSR count). The predicted molar refractivity (Wildman–Crippen MR) is 224 cm³/mol. The van der Waals surface area contributed by atoms with Crippen molar-refractivity contribution in [2.24, 2.45) is 0 Å². The Kier molecular flexibility index (Phi) is 18.3. The summed E-state index contributed by atoms with van der Waals surface area (Å²) in [7, 11) is 0. The monoisotopic (exact) mass is 745 g/mol. The molecule has 8 heteroatoms. The largest absolute Gasteiger partial charge is 0.494 e. The van der Waals surface area contributed by atoms with Gasteiger partial charge in [0.1, 0.15) is 12.0 Å². The highest BCUT2D eigenvalue weighted by atomic mass is 32.1. The van der Waals surface area contributed by atoms with Gasteiger partial charge in [0.15, 0.2) is 6.73 Å². The molecule has 7 nitrogen and oxygen atoms in total. The Morgan fingerprint density at radius 1 is 0.774 bits per heavy atom. The van der Waals surface area contributed by atoms with Gasteiger partial charge in [0.2, 0.25) is 0 Å². The quantitative estimate of drug-likeness (QED) is 0.0648. The molecule has 0 saturated carbocycles. The second-order valence-electron chi connectivity index (χ2n) is 15.2. The number of rotatable bonds is 26. The highest BCUT2D eigenvalue weighted by Crippen LogP contribution is 2.33. The molecule has 0 amide bonds. The van der Waals surface area contributed by atoms with E-state index in [4.69, 9.17) is 9.47 Å². The van der Waals surface area contributed by atoms with Crippen LogP contribution in [-0.2, 0) is 9.53 Å². The maximum Gasteiger partial charge on any atom is 0.307 e. The summed E-state index contributed by atoms with van der Waals surface area (Å²) in [5.74, 6) is 0.569. The third kappa shape index (κ3) is 13.9. The van der Waals surface area contributed by atoms with Crippen molar-refractivity contribution in [2.75, 3.05) is 55.9 Å². The molecular weight excluding hydrogens is 679 g/mol. The molecule has 3 heterocycles. The summed E-state index contributed by atoms with van der Waals surface area (Å²) < 4.78 is 13.2. The van der Waals surface area contributed by atoms with E-state index in [1.807, 2.05) is 35.6 Å². The van der Waals surface area contributed by atoms with Gasteiger partial charge in [-0.1, -0.05) is 115 Å². The molecular formula is C45H67N3O4S. The molecule has 2 aromatic carbocycles. The Balaban J connectivity index is 0.895. The number of aliphatic hydroxyl groups is 1. The fourth-order valence-corrected chi connectivity index (χ4v) is 8.52. The van der Waals surface area contributed by atoms with Crippen molar-refractivity contribution < 1.29 is 19.4 Å². The molecule has 2 aliphatic heterocycles. The number of esters is 1. The number of carbonyl (C=O) groups is 1. The average Bonchev–Trinajstić information content (AvgIpc) is 3.67. The van der Waals surface area contributed by atoms with Gasteiger partial charge >= 0.3 is 5.97 Å². The molecule has 0 spiro atoms. The van der Waals surface area contributed by atoms with Crippen LogP contribution in [0.15, 0.2) is 53.9 Å². The Bertz CT molecular complexity index is 1500. The van der Waals surface area contributed by atoms with Crippen molar-refractivity contribution in [3.8, 4) is 5.75 Å². The smallest absolute Gasteiger partial charge is 0.307 e. The van der Waals surface area contributed by atoms with E-state index in [2.05, 4.69) is 46.4 Å². The minimum absolute atomic E-state index is 0.0231. The van der Waals surface area contributed by atoms with Crippen molar-refractivity contribution in [2.45, 2.75) is 135 Å². The minimum atomic E-state index is -0.847. The predicted octanol–water partition coefficient (Wildman–Crippen LogP) is 11.2. The summed E-state index contributed by atoms with van der Waals surface area (Å²) in [6.07, 6.45) is 26.3. The Morgan fingerprint density at radius 3 is 2.15 bits per heavy atom. The second kappa shape index (κ2) is 23.7. The second-order valence-corrected chi connectivity index (χ2v) is 16.1. The first-order valence-electron chi connectivity index (χ1n) is 21.1. The Labute approximate surface area is 324 Å². The van der Waals surface area contributed by atoms with Gasteiger partial charge in [-0.15, -0.1) is 11.3 Å². The Morgan fingerprint density at radius 2 is 1.45 bits per heavy atom. The lowest BCUT2D eigenvalue weighted by Crippen LogP contribution is -2.46. The molecule has 2 aliphatic rings. The van der Waals surface area contributed by atoms with Crippen LogP contribution in [-0.4, -0.2) is 68.3 Å². The lowest BCUT2D eigenvalue weighted by molar-refractivity contribution is -0.144. The van der Waals surface area contributed by atoms with Crippen molar-refractivity contribution in [1.29, 1.82) is 0 Å². The lowest BCUT2D eigenvalue weighted by Gasteiger charge is -2.36. The molecule has 53 heavy (non-hydrogen) atoms. The van der Waals surface area contributed by atoms with Crippen LogP contribution in [0.4, 0.5) is 11.4 Å². The molecule has 292 valence electrons. The number of hydrogen-bond acceptors (Lipinski definition) is 8. The zero-order chi connectivity index (χ0) is 36.9. The van der Waals surface area contributed by atoms with Gasteiger partial charge in [-0.3, -0.25) is 9.69 Å². The summed E-state index contributed by atoms with van der Waals surface area (Å²) in [6.45, 7) is 8.32. The van der Waals surface area contributed by atoms with Crippen LogP contribution in [0.5, 0.6) is 5.75 Å². The number of nitrogens with zero attached hydrogens (tertiary/aromatic N) is 3. The number of anilines is 2. The third-order valence-corrected chi connectivity index (χ3v) is 11.9. The van der Waals surface area contributed by atoms with Crippen molar-refractivity contribution >= 4 is 44.8 Å². The van der Waals surface area contributed by atoms with E-state index in [1.165, 1.54) is 106 Å². The van der Waals surface area contributed by atoms with Crippen molar-refractivity contribution in [1.82, 2.24) is 4.90 Å². The zero-order valence-corrected chi connectivity index (χ0v) is 33.5. The summed E-state index contributed by atoms with van der Waals surface area (Å²) in [5, 5.41) is 14.3. The maximum atomic E-state index is 12.6. The number of aliphatic hydroxyl groups excluding tert-OH is 1. The number of benzene rings is 2. The lowest BCUT2D eigenvalue weighted by atomic mass is 10.0.